The van der Waals surface area contributed by atoms with Crippen molar-refractivity contribution >= 4 is 11.0 Å². The lowest BCUT2D eigenvalue weighted by atomic mass is 9.99. The zero-order valence-corrected chi connectivity index (χ0v) is 12.5. The van der Waals surface area contributed by atoms with Crippen LogP contribution in [0.25, 0.3) is 16.7 Å². The molecule has 0 atom stereocenters. The molecule has 2 aromatic carbocycles. The molecular formula is C18H19N3. The van der Waals surface area contributed by atoms with Crippen LogP contribution < -0.4 is 5.32 Å². The van der Waals surface area contributed by atoms with Gasteiger partial charge in [0.25, 0.3) is 0 Å². The van der Waals surface area contributed by atoms with E-state index < -0.39 is 0 Å². The summed E-state index contributed by atoms with van der Waals surface area (Å²) in [7, 11) is 0. The topological polar surface area (TPSA) is 29.9 Å². The lowest BCUT2D eigenvalue weighted by Gasteiger charge is -2.21. The number of aryl methyl sites for hydroxylation is 2. The first-order valence-electron chi connectivity index (χ1n) is 7.50. The second kappa shape index (κ2) is 4.71. The van der Waals surface area contributed by atoms with Gasteiger partial charge in [-0.15, -0.1) is 0 Å². The number of aromatic nitrogens is 2. The van der Waals surface area contributed by atoms with Crippen molar-refractivity contribution in [2.24, 2.45) is 0 Å². The summed E-state index contributed by atoms with van der Waals surface area (Å²) < 4.78 is 2.24. The van der Waals surface area contributed by atoms with Crippen molar-refractivity contribution in [2.75, 3.05) is 6.54 Å². The van der Waals surface area contributed by atoms with E-state index in [1.807, 2.05) is 6.33 Å². The third-order valence-electron chi connectivity index (χ3n) is 4.54. The van der Waals surface area contributed by atoms with E-state index in [0.717, 1.165) is 25.0 Å². The first-order valence-corrected chi connectivity index (χ1v) is 7.50. The first kappa shape index (κ1) is 12.6. The van der Waals surface area contributed by atoms with E-state index in [1.54, 1.807) is 0 Å². The molecule has 1 aliphatic rings. The van der Waals surface area contributed by atoms with E-state index in [-0.39, 0.29) is 0 Å². The van der Waals surface area contributed by atoms with Crippen LogP contribution in [-0.2, 0) is 13.0 Å². The second-order valence-electron chi connectivity index (χ2n) is 5.88. The van der Waals surface area contributed by atoms with Gasteiger partial charge in [-0.2, -0.15) is 0 Å². The molecule has 1 aromatic heterocycles. The first-order chi connectivity index (χ1) is 10.2. The van der Waals surface area contributed by atoms with E-state index in [0.29, 0.717) is 0 Å². The molecule has 0 amide bonds. The van der Waals surface area contributed by atoms with E-state index in [2.05, 4.69) is 59.0 Å². The van der Waals surface area contributed by atoms with Crippen molar-refractivity contribution in [3.05, 3.63) is 58.9 Å². The Hall–Kier alpha value is -2.13. The largest absolute Gasteiger partial charge is 0.312 e. The molecule has 2 heterocycles. The molecular weight excluding hydrogens is 258 g/mol. The van der Waals surface area contributed by atoms with Gasteiger partial charge in [-0.05, 0) is 67.3 Å². The van der Waals surface area contributed by atoms with Gasteiger partial charge in [-0.25, -0.2) is 4.98 Å². The molecule has 106 valence electrons. The van der Waals surface area contributed by atoms with Crippen LogP contribution in [0.3, 0.4) is 0 Å². The number of imidazole rings is 1. The highest BCUT2D eigenvalue weighted by atomic mass is 15.1. The third-order valence-corrected chi connectivity index (χ3v) is 4.54. The molecule has 0 unspecified atom stereocenters. The summed E-state index contributed by atoms with van der Waals surface area (Å²) in [6.07, 6.45) is 3.04. The average molecular weight is 277 g/mol. The van der Waals surface area contributed by atoms with Crippen LogP contribution in [0.1, 0.15) is 22.3 Å². The number of rotatable bonds is 1. The summed E-state index contributed by atoms with van der Waals surface area (Å²) in [4.78, 5) is 4.59. The molecule has 3 heteroatoms. The fraction of sp³-hybridized carbons (Fsp3) is 0.278. The minimum absolute atomic E-state index is 0.966. The van der Waals surface area contributed by atoms with Crippen LogP contribution in [0.4, 0.5) is 0 Å². The highest BCUT2D eigenvalue weighted by molar-refractivity contribution is 5.79. The molecule has 3 nitrogen and oxygen atoms in total. The van der Waals surface area contributed by atoms with Gasteiger partial charge in [0.15, 0.2) is 0 Å². The SMILES string of the molecule is Cc1cc2ncn(-c3cccc4c3CCNC4)c2cc1C. The molecule has 1 aliphatic heterocycles. The summed E-state index contributed by atoms with van der Waals surface area (Å²) in [6, 6.07) is 11.0. The molecule has 3 aromatic rings. The summed E-state index contributed by atoms with van der Waals surface area (Å²) >= 11 is 0. The quantitative estimate of drug-likeness (QED) is 0.739. The average Bonchev–Trinajstić information content (AvgIpc) is 2.90. The monoisotopic (exact) mass is 277 g/mol. The fourth-order valence-electron chi connectivity index (χ4n) is 3.19. The molecule has 0 bridgehead atoms. The van der Waals surface area contributed by atoms with Gasteiger partial charge in [0.05, 0.1) is 16.7 Å². The summed E-state index contributed by atoms with van der Waals surface area (Å²) in [5.74, 6) is 0. The summed E-state index contributed by atoms with van der Waals surface area (Å²) in [5.41, 5.74) is 9.02. The number of nitrogens with zero attached hydrogens (tertiary/aromatic N) is 2. The molecule has 0 radical (unpaired) electrons. The van der Waals surface area contributed by atoms with Crippen molar-refractivity contribution in [3.8, 4) is 5.69 Å². The predicted molar refractivity (Wildman–Crippen MR) is 86.0 cm³/mol. The normalized spacial score (nSPS) is 14.4. The highest BCUT2D eigenvalue weighted by Crippen LogP contribution is 2.27. The minimum Gasteiger partial charge on any atom is -0.312 e. The number of hydrogen-bond donors (Lipinski definition) is 1. The van der Waals surface area contributed by atoms with Gasteiger partial charge in [0.1, 0.15) is 6.33 Å². The standard InChI is InChI=1S/C18H19N3/c1-12-8-16-18(9-13(12)2)21(11-20-16)17-5-3-4-14-10-19-7-6-15(14)17/h3-5,8-9,11,19H,6-7,10H2,1-2H3. The molecule has 0 saturated heterocycles. The van der Waals surface area contributed by atoms with Crippen LogP contribution in [0.5, 0.6) is 0 Å². The number of benzene rings is 2. The van der Waals surface area contributed by atoms with Gasteiger partial charge in [-0.3, -0.25) is 4.57 Å². The summed E-state index contributed by atoms with van der Waals surface area (Å²) in [6.45, 7) is 6.32. The maximum absolute atomic E-state index is 4.59. The zero-order chi connectivity index (χ0) is 14.4. The van der Waals surface area contributed by atoms with Crippen LogP contribution in [-0.4, -0.2) is 16.1 Å². The lowest BCUT2D eigenvalue weighted by Crippen LogP contribution is -2.24. The van der Waals surface area contributed by atoms with Crippen molar-refractivity contribution in [3.63, 3.8) is 0 Å². The van der Waals surface area contributed by atoms with E-state index in [4.69, 9.17) is 0 Å². The lowest BCUT2D eigenvalue weighted by molar-refractivity contribution is 0.641. The maximum atomic E-state index is 4.59. The van der Waals surface area contributed by atoms with E-state index in [1.165, 1.54) is 33.5 Å². The van der Waals surface area contributed by atoms with Crippen molar-refractivity contribution < 1.29 is 0 Å². The Labute approximate surface area is 124 Å². The molecule has 0 saturated carbocycles. The Kier molecular flexibility index (Phi) is 2.82. The van der Waals surface area contributed by atoms with E-state index >= 15 is 0 Å². The number of fused-ring (bicyclic) bond motifs is 2. The smallest absolute Gasteiger partial charge is 0.100 e. The van der Waals surface area contributed by atoms with Gasteiger partial charge < -0.3 is 5.32 Å². The van der Waals surface area contributed by atoms with Crippen molar-refractivity contribution in [2.45, 2.75) is 26.8 Å². The fourth-order valence-corrected chi connectivity index (χ4v) is 3.19. The van der Waals surface area contributed by atoms with Gasteiger partial charge in [-0.1, -0.05) is 12.1 Å². The second-order valence-corrected chi connectivity index (χ2v) is 5.88. The van der Waals surface area contributed by atoms with Crippen LogP contribution in [0.2, 0.25) is 0 Å². The molecule has 4 rings (SSSR count). The third kappa shape index (κ3) is 1.96. The van der Waals surface area contributed by atoms with Crippen LogP contribution in [0.15, 0.2) is 36.7 Å². The van der Waals surface area contributed by atoms with Gasteiger partial charge >= 0.3 is 0 Å². The Balaban J connectivity index is 1.97. The maximum Gasteiger partial charge on any atom is 0.100 e. The molecule has 0 spiro atoms. The Morgan fingerprint density at radius 2 is 2.00 bits per heavy atom. The zero-order valence-electron chi connectivity index (χ0n) is 12.5. The highest BCUT2D eigenvalue weighted by Gasteiger charge is 2.15. The summed E-state index contributed by atoms with van der Waals surface area (Å²) in [5, 5.41) is 3.44. The van der Waals surface area contributed by atoms with Crippen molar-refractivity contribution in [1.29, 1.82) is 0 Å². The molecule has 0 aliphatic carbocycles. The Morgan fingerprint density at radius 1 is 1.14 bits per heavy atom. The molecule has 0 fully saturated rings. The Bertz CT molecular complexity index is 830. The number of nitrogens with one attached hydrogen (secondary N) is 1. The molecule has 21 heavy (non-hydrogen) atoms. The van der Waals surface area contributed by atoms with Gasteiger partial charge in [0.2, 0.25) is 0 Å². The Morgan fingerprint density at radius 3 is 2.90 bits per heavy atom. The number of hydrogen-bond acceptors (Lipinski definition) is 2. The molecule has 1 N–H and O–H groups in total. The van der Waals surface area contributed by atoms with E-state index in [9.17, 15) is 0 Å². The van der Waals surface area contributed by atoms with Crippen LogP contribution >= 0.6 is 0 Å². The van der Waals surface area contributed by atoms with Crippen LogP contribution in [0, 0.1) is 13.8 Å². The predicted octanol–water partition coefficient (Wildman–Crippen LogP) is 3.29. The minimum atomic E-state index is 0.966. The van der Waals surface area contributed by atoms with Crippen molar-refractivity contribution in [1.82, 2.24) is 14.9 Å². The van der Waals surface area contributed by atoms with Gasteiger partial charge in [0, 0.05) is 6.54 Å².